The number of rotatable bonds is 5. The second-order valence-electron chi connectivity index (χ2n) is 6.37. The molecule has 2 aromatic carbocycles. The lowest BCUT2D eigenvalue weighted by molar-refractivity contribution is 0.283. The molecule has 2 heterocycles. The van der Waals surface area contributed by atoms with Crippen LogP contribution in [0.25, 0.3) is 33.3 Å². The van der Waals surface area contributed by atoms with Crippen molar-refractivity contribution >= 4 is 21.1 Å². The van der Waals surface area contributed by atoms with E-state index in [1.165, 1.54) is 7.05 Å². The molecule has 0 radical (unpaired) electrons. The number of aliphatic hydroxyl groups is 1. The first-order valence-corrected chi connectivity index (χ1v) is 10.2. The van der Waals surface area contributed by atoms with Crippen LogP contribution in [0.2, 0.25) is 0 Å². The smallest absolute Gasteiger partial charge is 0.240 e. The Morgan fingerprint density at radius 1 is 1.04 bits per heavy atom. The maximum absolute atomic E-state index is 12.3. The van der Waals surface area contributed by atoms with E-state index in [1.54, 1.807) is 30.6 Å². The molecule has 0 saturated carbocycles. The van der Waals surface area contributed by atoms with Gasteiger partial charge in [-0.15, -0.1) is 0 Å². The quantitative estimate of drug-likeness (QED) is 0.485. The molecule has 4 aromatic rings. The second-order valence-corrected chi connectivity index (χ2v) is 8.23. The van der Waals surface area contributed by atoms with Crippen LogP contribution in [-0.4, -0.2) is 30.5 Å². The van der Waals surface area contributed by atoms with Crippen molar-refractivity contribution in [3.8, 4) is 22.3 Å². The molecule has 0 bridgehead atoms. The van der Waals surface area contributed by atoms with E-state index in [0.717, 1.165) is 33.3 Å². The van der Waals surface area contributed by atoms with Gasteiger partial charge in [-0.05, 0) is 30.3 Å². The average Bonchev–Trinajstić information content (AvgIpc) is 3.16. The van der Waals surface area contributed by atoms with Crippen molar-refractivity contribution in [2.24, 2.45) is 0 Å². The van der Waals surface area contributed by atoms with Crippen LogP contribution in [0, 0.1) is 0 Å². The molecule has 3 N–H and O–H groups in total. The number of aromatic nitrogens is 2. The molecule has 2 aromatic heterocycles. The van der Waals surface area contributed by atoms with Crippen LogP contribution in [-0.2, 0) is 16.6 Å². The normalized spacial score (nSPS) is 11.8. The first-order chi connectivity index (χ1) is 13.5. The summed E-state index contributed by atoms with van der Waals surface area (Å²) in [6, 6.07) is 16.6. The number of pyridine rings is 1. The number of hydrogen-bond donors (Lipinski definition) is 3. The second kappa shape index (κ2) is 7.20. The predicted octanol–water partition coefficient (Wildman–Crippen LogP) is 3.30. The van der Waals surface area contributed by atoms with Crippen LogP contribution in [0.1, 0.15) is 5.56 Å². The van der Waals surface area contributed by atoms with Gasteiger partial charge in [0.25, 0.3) is 0 Å². The van der Waals surface area contributed by atoms with Gasteiger partial charge in [-0.1, -0.05) is 42.5 Å². The Balaban J connectivity index is 1.75. The molecule has 28 heavy (non-hydrogen) atoms. The minimum atomic E-state index is -3.55. The number of nitrogens with zero attached hydrogens (tertiary/aromatic N) is 1. The highest BCUT2D eigenvalue weighted by atomic mass is 32.2. The molecule has 0 saturated heterocycles. The zero-order valence-electron chi connectivity index (χ0n) is 15.2. The lowest BCUT2D eigenvalue weighted by Gasteiger charge is -2.10. The topological polar surface area (TPSA) is 95.1 Å². The lowest BCUT2D eigenvalue weighted by Crippen LogP contribution is -2.19. The lowest BCUT2D eigenvalue weighted by atomic mass is 10.0. The summed E-state index contributed by atoms with van der Waals surface area (Å²) in [5, 5.41) is 10.3. The van der Waals surface area contributed by atoms with Gasteiger partial charge in [-0.25, -0.2) is 18.1 Å². The third kappa shape index (κ3) is 3.20. The molecule has 4 rings (SSSR count). The number of aliphatic hydroxyl groups excluding tert-OH is 1. The first-order valence-electron chi connectivity index (χ1n) is 8.74. The Bertz CT molecular complexity index is 1250. The van der Waals surface area contributed by atoms with E-state index in [4.69, 9.17) is 0 Å². The average molecular weight is 393 g/mol. The molecule has 142 valence electrons. The Labute approximate surface area is 162 Å². The zero-order valence-corrected chi connectivity index (χ0v) is 16.0. The molecule has 7 heteroatoms. The van der Waals surface area contributed by atoms with E-state index in [-0.39, 0.29) is 11.5 Å². The van der Waals surface area contributed by atoms with E-state index < -0.39 is 10.0 Å². The summed E-state index contributed by atoms with van der Waals surface area (Å²) >= 11 is 0. The fourth-order valence-corrected chi connectivity index (χ4v) is 4.19. The standard InChI is InChI=1S/C21H19N3O3S/c1-22-28(26,27)20-5-3-2-4-18(20)15-8-6-14(7-9-15)16-10-19-17(13-25)12-24-21(19)23-11-16/h2-12,22,25H,13H2,1H3,(H,23,24). The van der Waals surface area contributed by atoms with E-state index in [2.05, 4.69) is 14.7 Å². The van der Waals surface area contributed by atoms with Gasteiger partial charge < -0.3 is 10.1 Å². The monoisotopic (exact) mass is 393 g/mol. The summed E-state index contributed by atoms with van der Waals surface area (Å²) in [4.78, 5) is 7.69. The van der Waals surface area contributed by atoms with Gasteiger partial charge >= 0.3 is 0 Å². The maximum Gasteiger partial charge on any atom is 0.240 e. The summed E-state index contributed by atoms with van der Waals surface area (Å²) < 4.78 is 27.0. The highest BCUT2D eigenvalue weighted by molar-refractivity contribution is 7.89. The minimum absolute atomic E-state index is 0.0548. The van der Waals surface area contributed by atoms with Gasteiger partial charge in [0.05, 0.1) is 11.5 Å². The number of aromatic amines is 1. The van der Waals surface area contributed by atoms with Crippen molar-refractivity contribution in [3.05, 3.63) is 72.6 Å². The molecule has 0 fully saturated rings. The minimum Gasteiger partial charge on any atom is -0.392 e. The highest BCUT2D eigenvalue weighted by Crippen LogP contribution is 2.30. The van der Waals surface area contributed by atoms with Crippen LogP contribution in [0.15, 0.2) is 71.9 Å². The van der Waals surface area contributed by atoms with Crippen molar-refractivity contribution in [2.45, 2.75) is 11.5 Å². The van der Waals surface area contributed by atoms with Crippen molar-refractivity contribution in [1.82, 2.24) is 14.7 Å². The van der Waals surface area contributed by atoms with Crippen LogP contribution in [0.5, 0.6) is 0 Å². The van der Waals surface area contributed by atoms with Crippen LogP contribution >= 0.6 is 0 Å². The van der Waals surface area contributed by atoms with E-state index in [0.29, 0.717) is 5.56 Å². The predicted molar refractivity (Wildman–Crippen MR) is 109 cm³/mol. The SMILES string of the molecule is CNS(=O)(=O)c1ccccc1-c1ccc(-c2cnc3[nH]cc(CO)c3c2)cc1. The maximum atomic E-state index is 12.3. The number of H-pyrrole nitrogens is 1. The fraction of sp³-hybridized carbons (Fsp3) is 0.0952. The summed E-state index contributed by atoms with van der Waals surface area (Å²) in [5.74, 6) is 0. The Morgan fingerprint density at radius 2 is 1.75 bits per heavy atom. The first kappa shape index (κ1) is 18.4. The molecular weight excluding hydrogens is 374 g/mol. The van der Waals surface area contributed by atoms with Crippen molar-refractivity contribution in [3.63, 3.8) is 0 Å². The van der Waals surface area contributed by atoms with Gasteiger partial charge in [0.2, 0.25) is 10.0 Å². The van der Waals surface area contributed by atoms with Gasteiger partial charge in [-0.3, -0.25) is 0 Å². The molecule has 0 aliphatic heterocycles. The zero-order chi connectivity index (χ0) is 19.7. The molecular formula is C21H19N3O3S. The van der Waals surface area contributed by atoms with Crippen molar-refractivity contribution in [1.29, 1.82) is 0 Å². The van der Waals surface area contributed by atoms with Crippen molar-refractivity contribution in [2.75, 3.05) is 7.05 Å². The van der Waals surface area contributed by atoms with Gasteiger partial charge in [-0.2, -0.15) is 0 Å². The molecule has 0 atom stereocenters. The number of sulfonamides is 1. The highest BCUT2D eigenvalue weighted by Gasteiger charge is 2.17. The summed E-state index contributed by atoms with van der Waals surface area (Å²) in [7, 11) is -2.15. The Morgan fingerprint density at radius 3 is 2.46 bits per heavy atom. The number of fused-ring (bicyclic) bond motifs is 1. The largest absolute Gasteiger partial charge is 0.392 e. The Kier molecular flexibility index (Phi) is 4.72. The third-order valence-electron chi connectivity index (χ3n) is 4.76. The summed E-state index contributed by atoms with van der Waals surface area (Å²) in [5.41, 5.74) is 4.86. The van der Waals surface area contributed by atoms with E-state index >= 15 is 0 Å². The fourth-order valence-electron chi connectivity index (χ4n) is 3.24. The van der Waals surface area contributed by atoms with Crippen LogP contribution in [0.3, 0.4) is 0 Å². The summed E-state index contributed by atoms with van der Waals surface area (Å²) in [6.45, 7) is -0.0548. The van der Waals surface area contributed by atoms with Crippen LogP contribution in [0.4, 0.5) is 0 Å². The molecule has 0 aliphatic rings. The molecule has 0 amide bonds. The van der Waals surface area contributed by atoms with Gasteiger partial charge in [0, 0.05) is 34.5 Å². The third-order valence-corrected chi connectivity index (χ3v) is 6.23. The van der Waals surface area contributed by atoms with Crippen LogP contribution < -0.4 is 4.72 Å². The van der Waals surface area contributed by atoms with Crippen molar-refractivity contribution < 1.29 is 13.5 Å². The molecule has 0 aliphatic carbocycles. The summed E-state index contributed by atoms with van der Waals surface area (Å²) in [6.07, 6.45) is 3.53. The number of nitrogens with one attached hydrogen (secondary N) is 2. The van der Waals surface area contributed by atoms with E-state index in [9.17, 15) is 13.5 Å². The van der Waals surface area contributed by atoms with Gasteiger partial charge in [0.15, 0.2) is 0 Å². The molecule has 0 spiro atoms. The number of benzene rings is 2. The van der Waals surface area contributed by atoms with E-state index in [1.807, 2.05) is 36.4 Å². The number of hydrogen-bond acceptors (Lipinski definition) is 4. The molecule has 6 nitrogen and oxygen atoms in total. The molecule has 0 unspecified atom stereocenters. The Hall–Kier alpha value is -3.00. The van der Waals surface area contributed by atoms with Gasteiger partial charge in [0.1, 0.15) is 5.65 Å².